The molecule has 0 aliphatic rings. The summed E-state index contributed by atoms with van der Waals surface area (Å²) in [5.74, 6) is 0. The normalized spacial score (nSPS) is 10.9. The van der Waals surface area contributed by atoms with E-state index in [0.717, 1.165) is 28.8 Å². The molecule has 0 amide bonds. The van der Waals surface area contributed by atoms with Crippen LogP contribution in [0.25, 0.3) is 22.3 Å². The highest BCUT2D eigenvalue weighted by atomic mass is 32.1. The second-order valence-electron chi connectivity index (χ2n) is 4.01. The van der Waals surface area contributed by atoms with Crippen LogP contribution in [0.15, 0.2) is 36.8 Å². The monoisotopic (exact) mass is 256 g/mol. The van der Waals surface area contributed by atoms with Crippen LogP contribution >= 0.6 is 12.2 Å². The van der Waals surface area contributed by atoms with Crippen molar-refractivity contribution in [3.63, 3.8) is 0 Å². The van der Waals surface area contributed by atoms with Crippen LogP contribution < -0.4 is 0 Å². The molecule has 0 unspecified atom stereocenters. The van der Waals surface area contributed by atoms with Crippen LogP contribution in [0.3, 0.4) is 0 Å². The molecule has 5 heteroatoms. The van der Waals surface area contributed by atoms with Gasteiger partial charge in [-0.1, -0.05) is 0 Å². The fraction of sp³-hybridized carbons (Fsp3) is 0.154. The van der Waals surface area contributed by atoms with Crippen LogP contribution in [-0.4, -0.2) is 19.5 Å². The van der Waals surface area contributed by atoms with Crippen LogP contribution in [0.5, 0.6) is 0 Å². The molecule has 3 aromatic rings. The largest absolute Gasteiger partial charge is 0.329 e. The summed E-state index contributed by atoms with van der Waals surface area (Å²) in [6.07, 6.45) is 5.42. The second-order valence-corrected chi connectivity index (χ2v) is 4.39. The van der Waals surface area contributed by atoms with Gasteiger partial charge in [0.25, 0.3) is 0 Å². The molecule has 0 aliphatic carbocycles. The molecule has 0 fully saturated rings. The first-order valence-electron chi connectivity index (χ1n) is 5.78. The number of aromatic amines is 1. The fourth-order valence-corrected chi connectivity index (χ4v) is 2.36. The zero-order valence-electron chi connectivity index (χ0n) is 9.92. The van der Waals surface area contributed by atoms with Crippen molar-refractivity contribution < 1.29 is 0 Å². The van der Waals surface area contributed by atoms with Crippen molar-refractivity contribution in [2.45, 2.75) is 13.5 Å². The van der Waals surface area contributed by atoms with Gasteiger partial charge < -0.3 is 9.55 Å². The Hall–Kier alpha value is -2.01. The van der Waals surface area contributed by atoms with Gasteiger partial charge in [-0.2, -0.15) is 0 Å². The van der Waals surface area contributed by atoms with E-state index in [0.29, 0.717) is 4.77 Å². The molecule has 3 heterocycles. The van der Waals surface area contributed by atoms with Crippen molar-refractivity contribution >= 4 is 23.4 Å². The molecule has 0 aromatic carbocycles. The van der Waals surface area contributed by atoms with Crippen molar-refractivity contribution in [3.8, 4) is 11.1 Å². The quantitative estimate of drug-likeness (QED) is 0.716. The summed E-state index contributed by atoms with van der Waals surface area (Å²) in [5, 5.41) is 0. The number of aromatic nitrogens is 4. The maximum absolute atomic E-state index is 5.27. The van der Waals surface area contributed by atoms with Gasteiger partial charge in [-0.3, -0.25) is 4.98 Å². The minimum absolute atomic E-state index is 0.715. The van der Waals surface area contributed by atoms with Gasteiger partial charge in [0.2, 0.25) is 0 Å². The Morgan fingerprint density at radius 3 is 2.78 bits per heavy atom. The molecule has 0 aliphatic heterocycles. The highest BCUT2D eigenvalue weighted by molar-refractivity contribution is 7.71. The highest BCUT2D eigenvalue weighted by Gasteiger charge is 2.06. The lowest BCUT2D eigenvalue weighted by molar-refractivity contribution is 0.766. The molecule has 0 radical (unpaired) electrons. The number of nitrogens with zero attached hydrogens (tertiary/aromatic N) is 3. The average molecular weight is 256 g/mol. The van der Waals surface area contributed by atoms with E-state index in [9.17, 15) is 0 Å². The Morgan fingerprint density at radius 2 is 2.06 bits per heavy atom. The molecule has 0 bridgehead atoms. The summed E-state index contributed by atoms with van der Waals surface area (Å²) >= 11 is 5.27. The molecular weight excluding hydrogens is 244 g/mol. The molecule has 0 saturated heterocycles. The van der Waals surface area contributed by atoms with Crippen molar-refractivity contribution in [1.29, 1.82) is 0 Å². The number of nitrogens with one attached hydrogen (secondary N) is 1. The zero-order chi connectivity index (χ0) is 12.5. The smallest absolute Gasteiger partial charge is 0.179 e. The van der Waals surface area contributed by atoms with Gasteiger partial charge >= 0.3 is 0 Å². The third-order valence-electron chi connectivity index (χ3n) is 2.94. The van der Waals surface area contributed by atoms with Gasteiger partial charge in [-0.15, -0.1) is 0 Å². The van der Waals surface area contributed by atoms with Crippen molar-refractivity contribution in [2.24, 2.45) is 0 Å². The highest BCUT2D eigenvalue weighted by Crippen LogP contribution is 2.21. The molecule has 0 spiro atoms. The van der Waals surface area contributed by atoms with Gasteiger partial charge in [0.15, 0.2) is 10.4 Å². The average Bonchev–Trinajstić information content (AvgIpc) is 2.74. The predicted molar refractivity (Wildman–Crippen MR) is 73.8 cm³/mol. The fourth-order valence-electron chi connectivity index (χ4n) is 2.04. The van der Waals surface area contributed by atoms with E-state index in [4.69, 9.17) is 12.2 Å². The van der Waals surface area contributed by atoms with Crippen LogP contribution in [0.4, 0.5) is 0 Å². The summed E-state index contributed by atoms with van der Waals surface area (Å²) < 4.78 is 2.70. The van der Waals surface area contributed by atoms with Gasteiger partial charge in [-0.05, 0) is 42.9 Å². The van der Waals surface area contributed by atoms with Gasteiger partial charge in [0.05, 0.1) is 5.52 Å². The molecule has 0 atom stereocenters. The van der Waals surface area contributed by atoms with E-state index in [1.165, 1.54) is 0 Å². The van der Waals surface area contributed by atoms with Crippen molar-refractivity contribution in [2.75, 3.05) is 0 Å². The summed E-state index contributed by atoms with van der Waals surface area (Å²) in [5.41, 5.74) is 4.03. The lowest BCUT2D eigenvalue weighted by atomic mass is 10.1. The number of pyridine rings is 2. The third-order valence-corrected chi connectivity index (χ3v) is 3.26. The lowest BCUT2D eigenvalue weighted by Crippen LogP contribution is -1.94. The number of rotatable bonds is 2. The maximum Gasteiger partial charge on any atom is 0.179 e. The van der Waals surface area contributed by atoms with E-state index in [1.54, 1.807) is 12.4 Å². The standard InChI is InChI=1S/C13H12N4S/c1-2-17-12-11(16-13(17)18)7-10(8-15-12)9-3-5-14-6-4-9/h3-8H,2H2,1H3,(H,16,18). The summed E-state index contributed by atoms with van der Waals surface area (Å²) in [7, 11) is 0. The first-order chi connectivity index (χ1) is 8.79. The van der Waals surface area contributed by atoms with Crippen LogP contribution in [0.1, 0.15) is 6.92 Å². The van der Waals surface area contributed by atoms with Crippen molar-refractivity contribution in [3.05, 3.63) is 41.6 Å². The van der Waals surface area contributed by atoms with E-state index in [1.807, 2.05) is 22.9 Å². The minimum Gasteiger partial charge on any atom is -0.329 e. The molecule has 18 heavy (non-hydrogen) atoms. The molecule has 3 rings (SSSR count). The van der Waals surface area contributed by atoms with Gasteiger partial charge in [0, 0.05) is 30.7 Å². The number of aryl methyl sites for hydroxylation is 1. The molecule has 90 valence electrons. The first-order valence-corrected chi connectivity index (χ1v) is 6.19. The number of fused-ring (bicyclic) bond motifs is 1. The topological polar surface area (TPSA) is 46.5 Å². The molecular formula is C13H12N4S. The Bertz CT molecular complexity index is 743. The Balaban J connectivity index is 2.21. The van der Waals surface area contributed by atoms with Crippen LogP contribution in [0.2, 0.25) is 0 Å². The Labute approximate surface area is 109 Å². The molecule has 3 aromatic heterocycles. The molecule has 0 saturated carbocycles. The van der Waals surface area contributed by atoms with E-state index in [-0.39, 0.29) is 0 Å². The Morgan fingerprint density at radius 1 is 1.28 bits per heavy atom. The summed E-state index contributed by atoms with van der Waals surface area (Å²) in [6, 6.07) is 6.00. The number of imidazole rings is 1. The summed E-state index contributed by atoms with van der Waals surface area (Å²) in [6.45, 7) is 2.88. The SMILES string of the molecule is CCn1c(=S)[nH]c2cc(-c3ccncc3)cnc21. The molecule has 4 nitrogen and oxygen atoms in total. The van der Waals surface area contributed by atoms with Crippen LogP contribution in [-0.2, 0) is 6.54 Å². The number of hydrogen-bond acceptors (Lipinski definition) is 3. The number of hydrogen-bond donors (Lipinski definition) is 1. The van der Waals surface area contributed by atoms with E-state index >= 15 is 0 Å². The third kappa shape index (κ3) is 1.73. The predicted octanol–water partition coefficient (Wildman–Crippen LogP) is 3.18. The minimum atomic E-state index is 0.715. The summed E-state index contributed by atoms with van der Waals surface area (Å²) in [4.78, 5) is 11.7. The first kappa shape index (κ1) is 11.1. The van der Waals surface area contributed by atoms with Crippen LogP contribution in [0, 0.1) is 4.77 Å². The zero-order valence-corrected chi connectivity index (χ0v) is 10.7. The maximum atomic E-state index is 5.27. The van der Waals surface area contributed by atoms with E-state index < -0.39 is 0 Å². The number of H-pyrrole nitrogens is 1. The second kappa shape index (κ2) is 4.34. The molecule has 1 N–H and O–H groups in total. The van der Waals surface area contributed by atoms with Gasteiger partial charge in [-0.25, -0.2) is 4.98 Å². The van der Waals surface area contributed by atoms with Gasteiger partial charge in [0.1, 0.15) is 0 Å². The van der Waals surface area contributed by atoms with E-state index in [2.05, 4.69) is 27.9 Å². The van der Waals surface area contributed by atoms with Crippen molar-refractivity contribution in [1.82, 2.24) is 19.5 Å². The lowest BCUT2D eigenvalue weighted by Gasteiger charge is -2.01. The Kier molecular flexibility index (Phi) is 2.68.